The number of nitrogens with zero attached hydrogens (tertiary/aromatic N) is 4. The average Bonchev–Trinajstić information content (AvgIpc) is 2.46. The maximum absolute atomic E-state index is 12.3. The highest BCUT2D eigenvalue weighted by Gasteiger charge is 2.21. The average molecular weight is 257 g/mol. The minimum atomic E-state index is -0.226. The number of amides is 1. The zero-order valence-electron chi connectivity index (χ0n) is 10.8. The highest BCUT2D eigenvalue weighted by molar-refractivity contribution is 5.97. The second-order valence-corrected chi connectivity index (χ2v) is 4.17. The van der Waals surface area contributed by atoms with E-state index in [0.717, 1.165) is 5.69 Å². The third-order valence-corrected chi connectivity index (χ3v) is 2.99. The van der Waals surface area contributed by atoms with Gasteiger partial charge in [-0.05, 0) is 19.1 Å². The topological polar surface area (TPSA) is 85.0 Å². The highest BCUT2D eigenvalue weighted by Crippen LogP contribution is 2.19. The summed E-state index contributed by atoms with van der Waals surface area (Å²) in [5.74, 6) is -0.0451. The quantitative estimate of drug-likeness (QED) is 0.895. The zero-order chi connectivity index (χ0) is 13.8. The van der Waals surface area contributed by atoms with Crippen LogP contribution in [0.2, 0.25) is 0 Å². The molecule has 6 nitrogen and oxygen atoms in total. The van der Waals surface area contributed by atoms with E-state index < -0.39 is 0 Å². The van der Waals surface area contributed by atoms with Crippen LogP contribution in [0.5, 0.6) is 0 Å². The van der Waals surface area contributed by atoms with Gasteiger partial charge < -0.3 is 10.6 Å². The van der Waals surface area contributed by atoms with Gasteiger partial charge in [-0.1, -0.05) is 6.07 Å². The van der Waals surface area contributed by atoms with E-state index in [0.29, 0.717) is 5.56 Å². The molecule has 0 radical (unpaired) electrons. The van der Waals surface area contributed by atoms with Crippen LogP contribution in [0.3, 0.4) is 0 Å². The monoisotopic (exact) mass is 257 g/mol. The molecule has 2 aromatic heterocycles. The first-order valence-electron chi connectivity index (χ1n) is 5.85. The van der Waals surface area contributed by atoms with Crippen LogP contribution in [0, 0.1) is 0 Å². The molecule has 1 unspecified atom stereocenters. The summed E-state index contributed by atoms with van der Waals surface area (Å²) >= 11 is 0. The summed E-state index contributed by atoms with van der Waals surface area (Å²) in [5, 5.41) is 0. The Labute approximate surface area is 111 Å². The number of pyridine rings is 1. The van der Waals surface area contributed by atoms with Gasteiger partial charge in [-0.15, -0.1) is 0 Å². The minimum absolute atomic E-state index is 0.159. The van der Waals surface area contributed by atoms with Crippen molar-refractivity contribution in [3.05, 3.63) is 48.2 Å². The predicted octanol–water partition coefficient (Wildman–Crippen LogP) is 1.29. The predicted molar refractivity (Wildman–Crippen MR) is 71.2 cm³/mol. The molecular formula is C13H15N5O. The van der Waals surface area contributed by atoms with Gasteiger partial charge in [-0.3, -0.25) is 9.78 Å². The molecule has 1 atom stereocenters. The number of anilines is 1. The van der Waals surface area contributed by atoms with Crippen molar-refractivity contribution in [2.24, 2.45) is 0 Å². The van der Waals surface area contributed by atoms with Crippen molar-refractivity contribution in [1.29, 1.82) is 0 Å². The smallest absolute Gasteiger partial charge is 0.259 e. The molecule has 1 amide bonds. The Morgan fingerprint density at radius 3 is 2.79 bits per heavy atom. The SMILES string of the molecule is CC(c1ccccn1)N(C)C(=O)c1cncnc1N. The molecule has 0 aliphatic rings. The molecule has 98 valence electrons. The molecule has 0 saturated carbocycles. The Balaban J connectivity index is 2.23. The largest absolute Gasteiger partial charge is 0.383 e. The third kappa shape index (κ3) is 2.67. The number of aromatic nitrogens is 3. The molecule has 2 aromatic rings. The lowest BCUT2D eigenvalue weighted by Gasteiger charge is -2.24. The van der Waals surface area contributed by atoms with Gasteiger partial charge in [0, 0.05) is 19.4 Å². The molecule has 0 aliphatic heterocycles. The molecule has 19 heavy (non-hydrogen) atoms. The van der Waals surface area contributed by atoms with Gasteiger partial charge >= 0.3 is 0 Å². The van der Waals surface area contributed by atoms with Crippen molar-refractivity contribution < 1.29 is 4.79 Å². The Morgan fingerprint density at radius 2 is 2.16 bits per heavy atom. The van der Waals surface area contributed by atoms with E-state index >= 15 is 0 Å². The molecule has 0 fully saturated rings. The second-order valence-electron chi connectivity index (χ2n) is 4.17. The van der Waals surface area contributed by atoms with E-state index in [2.05, 4.69) is 15.0 Å². The van der Waals surface area contributed by atoms with Gasteiger partial charge in [-0.2, -0.15) is 0 Å². The van der Waals surface area contributed by atoms with E-state index in [1.807, 2.05) is 25.1 Å². The van der Waals surface area contributed by atoms with Crippen LogP contribution in [-0.2, 0) is 0 Å². The van der Waals surface area contributed by atoms with Crippen molar-refractivity contribution >= 4 is 11.7 Å². The summed E-state index contributed by atoms with van der Waals surface area (Å²) in [6.45, 7) is 1.90. The first-order valence-corrected chi connectivity index (χ1v) is 5.85. The molecule has 2 rings (SSSR count). The standard InChI is InChI=1S/C13H15N5O/c1-9(11-5-3-4-6-16-11)18(2)13(19)10-7-15-8-17-12(10)14/h3-9H,1-2H3,(H2,14,15,17). The number of rotatable bonds is 3. The third-order valence-electron chi connectivity index (χ3n) is 2.99. The molecule has 0 bridgehead atoms. The Hall–Kier alpha value is -2.50. The van der Waals surface area contributed by atoms with E-state index in [9.17, 15) is 4.79 Å². The normalized spacial score (nSPS) is 11.9. The number of hydrogen-bond donors (Lipinski definition) is 1. The van der Waals surface area contributed by atoms with Crippen molar-refractivity contribution in [1.82, 2.24) is 19.9 Å². The highest BCUT2D eigenvalue weighted by atomic mass is 16.2. The Morgan fingerprint density at radius 1 is 1.37 bits per heavy atom. The van der Waals surface area contributed by atoms with Crippen LogP contribution < -0.4 is 5.73 Å². The number of nitrogens with two attached hydrogens (primary N) is 1. The lowest BCUT2D eigenvalue weighted by atomic mass is 10.1. The van der Waals surface area contributed by atoms with Gasteiger partial charge in [-0.25, -0.2) is 9.97 Å². The lowest BCUT2D eigenvalue weighted by molar-refractivity contribution is 0.0740. The Bertz CT molecular complexity index is 572. The maximum atomic E-state index is 12.3. The van der Waals surface area contributed by atoms with Crippen molar-refractivity contribution in [3.63, 3.8) is 0 Å². The molecule has 2 N–H and O–H groups in total. The van der Waals surface area contributed by atoms with Gasteiger partial charge in [0.25, 0.3) is 5.91 Å². The van der Waals surface area contributed by atoms with Gasteiger partial charge in [0.05, 0.1) is 11.7 Å². The van der Waals surface area contributed by atoms with E-state index in [1.54, 1.807) is 18.1 Å². The van der Waals surface area contributed by atoms with Crippen LogP contribution >= 0.6 is 0 Å². The molecule has 0 aliphatic carbocycles. The van der Waals surface area contributed by atoms with Crippen LogP contribution in [0.25, 0.3) is 0 Å². The van der Waals surface area contributed by atoms with Crippen LogP contribution in [0.4, 0.5) is 5.82 Å². The summed E-state index contributed by atoms with van der Waals surface area (Å²) in [7, 11) is 1.70. The fourth-order valence-corrected chi connectivity index (χ4v) is 1.69. The number of nitrogen functional groups attached to an aromatic ring is 1. The van der Waals surface area contributed by atoms with Crippen molar-refractivity contribution in [2.45, 2.75) is 13.0 Å². The molecular weight excluding hydrogens is 242 g/mol. The van der Waals surface area contributed by atoms with Crippen molar-refractivity contribution in [2.75, 3.05) is 12.8 Å². The summed E-state index contributed by atoms with van der Waals surface area (Å²) in [5.41, 5.74) is 6.80. The van der Waals surface area contributed by atoms with E-state index in [1.165, 1.54) is 12.5 Å². The second kappa shape index (κ2) is 5.43. The van der Waals surface area contributed by atoms with Crippen LogP contribution in [0.15, 0.2) is 36.9 Å². The summed E-state index contributed by atoms with van der Waals surface area (Å²) in [4.78, 5) is 25.8. The molecule has 0 aromatic carbocycles. The number of carbonyl (C=O) groups is 1. The molecule has 2 heterocycles. The molecule has 0 spiro atoms. The zero-order valence-corrected chi connectivity index (χ0v) is 10.8. The fraction of sp³-hybridized carbons (Fsp3) is 0.231. The minimum Gasteiger partial charge on any atom is -0.383 e. The molecule has 6 heteroatoms. The van der Waals surface area contributed by atoms with Gasteiger partial charge in [0.1, 0.15) is 17.7 Å². The van der Waals surface area contributed by atoms with Crippen LogP contribution in [-0.4, -0.2) is 32.8 Å². The Kier molecular flexibility index (Phi) is 3.70. The molecule has 0 saturated heterocycles. The van der Waals surface area contributed by atoms with Gasteiger partial charge in [0.15, 0.2) is 0 Å². The van der Waals surface area contributed by atoms with Gasteiger partial charge in [0.2, 0.25) is 0 Å². The first kappa shape index (κ1) is 12.9. The number of hydrogen-bond acceptors (Lipinski definition) is 5. The number of carbonyl (C=O) groups excluding carboxylic acids is 1. The summed E-state index contributed by atoms with van der Waals surface area (Å²) < 4.78 is 0. The summed E-state index contributed by atoms with van der Waals surface area (Å²) in [6.07, 6.45) is 4.44. The van der Waals surface area contributed by atoms with Crippen molar-refractivity contribution in [3.8, 4) is 0 Å². The fourth-order valence-electron chi connectivity index (χ4n) is 1.69. The van der Waals surface area contributed by atoms with E-state index in [4.69, 9.17) is 5.73 Å². The first-order chi connectivity index (χ1) is 9.11. The summed E-state index contributed by atoms with van der Waals surface area (Å²) in [6, 6.07) is 5.44. The maximum Gasteiger partial charge on any atom is 0.259 e. The van der Waals surface area contributed by atoms with E-state index in [-0.39, 0.29) is 17.8 Å². The lowest BCUT2D eigenvalue weighted by Crippen LogP contribution is -2.31. The van der Waals surface area contributed by atoms with Crippen LogP contribution in [0.1, 0.15) is 29.0 Å².